The molecule has 3 heterocycles. The summed E-state index contributed by atoms with van der Waals surface area (Å²) in [6.07, 6.45) is 11.5. The molecule has 0 radical (unpaired) electrons. The van der Waals surface area contributed by atoms with E-state index in [0.717, 1.165) is 57.6 Å². The monoisotopic (exact) mass is 485 g/mol. The second-order valence-electron chi connectivity index (χ2n) is 11.3. The normalized spacial score (nSPS) is 23.8. The maximum Gasteiger partial charge on any atom is 0.246 e. The van der Waals surface area contributed by atoms with Gasteiger partial charge >= 0.3 is 0 Å². The molecule has 1 aliphatic carbocycles. The molecule has 2 saturated heterocycles. The fraction of sp³-hybridized carbons (Fsp3) is 0.821. The standard InChI is InChI=1S/C28H47N5O2/c1-5-7-16-32-26(34)25(19-23-11-9-8-10-12-23)29-27(35)28(32)13-17-31(18-14-28)20-24-21(3)30-33(15-6-2)22(24)4/h23,25H,5-20H2,1-4H3,(H,29,35). The molecule has 1 saturated carbocycles. The van der Waals surface area contributed by atoms with Crippen LogP contribution in [0, 0.1) is 19.8 Å². The van der Waals surface area contributed by atoms with Gasteiger partial charge in [-0.15, -0.1) is 0 Å². The van der Waals surface area contributed by atoms with Gasteiger partial charge in [0.15, 0.2) is 0 Å². The van der Waals surface area contributed by atoms with E-state index in [1.165, 1.54) is 43.4 Å². The van der Waals surface area contributed by atoms with Crippen LogP contribution in [0.2, 0.25) is 0 Å². The van der Waals surface area contributed by atoms with E-state index in [2.05, 4.69) is 42.6 Å². The van der Waals surface area contributed by atoms with Crippen LogP contribution < -0.4 is 5.32 Å². The van der Waals surface area contributed by atoms with Gasteiger partial charge in [0.05, 0.1) is 5.69 Å². The lowest BCUT2D eigenvalue weighted by atomic mass is 9.79. The minimum absolute atomic E-state index is 0.0942. The van der Waals surface area contributed by atoms with E-state index in [9.17, 15) is 9.59 Å². The number of carbonyl (C=O) groups excluding carboxylic acids is 2. The number of aryl methyl sites for hydroxylation is 2. The molecule has 1 spiro atoms. The average molecular weight is 486 g/mol. The summed E-state index contributed by atoms with van der Waals surface area (Å²) in [5.74, 6) is 0.836. The van der Waals surface area contributed by atoms with E-state index < -0.39 is 5.54 Å². The Balaban J connectivity index is 1.45. The molecule has 2 amide bonds. The van der Waals surface area contributed by atoms with E-state index in [1.807, 2.05) is 4.90 Å². The van der Waals surface area contributed by atoms with Crippen LogP contribution in [0.25, 0.3) is 0 Å². The number of hydrogen-bond donors (Lipinski definition) is 1. The van der Waals surface area contributed by atoms with E-state index in [-0.39, 0.29) is 17.9 Å². The molecule has 7 heteroatoms. The van der Waals surface area contributed by atoms with Gasteiger partial charge in [0.1, 0.15) is 11.6 Å². The number of nitrogens with zero attached hydrogens (tertiary/aromatic N) is 4. The van der Waals surface area contributed by atoms with Gasteiger partial charge in [-0.05, 0) is 51.9 Å². The first-order chi connectivity index (χ1) is 16.9. The molecule has 7 nitrogen and oxygen atoms in total. The molecular formula is C28H47N5O2. The minimum Gasteiger partial charge on any atom is -0.342 e. The molecular weight excluding hydrogens is 438 g/mol. The fourth-order valence-electron chi connectivity index (χ4n) is 6.63. The van der Waals surface area contributed by atoms with Crippen molar-refractivity contribution in [2.24, 2.45) is 5.92 Å². The molecule has 0 bridgehead atoms. The Morgan fingerprint density at radius 2 is 1.71 bits per heavy atom. The van der Waals surface area contributed by atoms with Gasteiger partial charge in [0.2, 0.25) is 11.8 Å². The number of piperidine rings is 1. The van der Waals surface area contributed by atoms with Gasteiger partial charge in [0.25, 0.3) is 0 Å². The van der Waals surface area contributed by atoms with Crippen molar-refractivity contribution in [3.8, 4) is 0 Å². The third-order valence-electron chi connectivity index (χ3n) is 8.87. The molecule has 2 aliphatic heterocycles. The Morgan fingerprint density at radius 1 is 1.00 bits per heavy atom. The SMILES string of the molecule is CCCCN1C(=O)C(CC2CCCCC2)NC(=O)C12CCN(Cc1c(C)nn(CCC)c1C)CC2. The number of likely N-dealkylation sites (tertiary alicyclic amines) is 1. The van der Waals surface area contributed by atoms with E-state index >= 15 is 0 Å². The lowest BCUT2D eigenvalue weighted by molar-refractivity contribution is -0.162. The smallest absolute Gasteiger partial charge is 0.246 e. The predicted octanol–water partition coefficient (Wildman–Crippen LogP) is 4.34. The Morgan fingerprint density at radius 3 is 2.37 bits per heavy atom. The number of rotatable bonds is 9. The highest BCUT2D eigenvalue weighted by Gasteiger charge is 2.53. The zero-order valence-electron chi connectivity index (χ0n) is 22.6. The minimum atomic E-state index is -0.678. The zero-order chi connectivity index (χ0) is 25.0. The van der Waals surface area contributed by atoms with Crippen LogP contribution in [0.3, 0.4) is 0 Å². The summed E-state index contributed by atoms with van der Waals surface area (Å²) in [7, 11) is 0. The topological polar surface area (TPSA) is 70.5 Å². The summed E-state index contributed by atoms with van der Waals surface area (Å²) in [4.78, 5) is 31.8. The van der Waals surface area contributed by atoms with Crippen LogP contribution in [0.15, 0.2) is 0 Å². The highest BCUT2D eigenvalue weighted by Crippen LogP contribution is 2.36. The maximum absolute atomic E-state index is 13.7. The van der Waals surface area contributed by atoms with Gasteiger partial charge in [-0.3, -0.25) is 19.2 Å². The number of unbranched alkanes of at least 4 members (excludes halogenated alkanes) is 1. The molecule has 1 unspecified atom stereocenters. The van der Waals surface area contributed by atoms with Crippen LogP contribution in [0.5, 0.6) is 0 Å². The zero-order valence-corrected chi connectivity index (χ0v) is 22.6. The van der Waals surface area contributed by atoms with Crippen molar-refractivity contribution >= 4 is 11.8 Å². The maximum atomic E-state index is 13.7. The van der Waals surface area contributed by atoms with Crippen molar-refractivity contribution in [1.82, 2.24) is 24.9 Å². The molecule has 1 aromatic heterocycles. The highest BCUT2D eigenvalue weighted by molar-refractivity contribution is 6.00. The summed E-state index contributed by atoms with van der Waals surface area (Å²) in [5.41, 5.74) is 3.00. The first-order valence-electron chi connectivity index (χ1n) is 14.3. The van der Waals surface area contributed by atoms with Gasteiger partial charge in [0, 0.05) is 44.0 Å². The molecule has 35 heavy (non-hydrogen) atoms. The Hall–Kier alpha value is -1.89. The Kier molecular flexibility index (Phi) is 8.56. The predicted molar refractivity (Wildman–Crippen MR) is 139 cm³/mol. The molecule has 1 atom stereocenters. The van der Waals surface area contributed by atoms with Crippen molar-refractivity contribution in [1.29, 1.82) is 0 Å². The van der Waals surface area contributed by atoms with Crippen molar-refractivity contribution in [2.75, 3.05) is 19.6 Å². The highest BCUT2D eigenvalue weighted by atomic mass is 16.2. The summed E-state index contributed by atoms with van der Waals surface area (Å²) in [6, 6.07) is -0.333. The lowest BCUT2D eigenvalue weighted by Gasteiger charge is -2.52. The summed E-state index contributed by atoms with van der Waals surface area (Å²) < 4.78 is 2.13. The van der Waals surface area contributed by atoms with Gasteiger partial charge in [-0.1, -0.05) is 52.4 Å². The van der Waals surface area contributed by atoms with Crippen molar-refractivity contribution in [2.45, 2.75) is 123 Å². The van der Waals surface area contributed by atoms with Gasteiger partial charge in [-0.2, -0.15) is 5.10 Å². The second-order valence-corrected chi connectivity index (χ2v) is 11.3. The van der Waals surface area contributed by atoms with Crippen LogP contribution in [-0.2, 0) is 22.7 Å². The quantitative estimate of drug-likeness (QED) is 0.565. The number of amides is 2. The molecule has 3 fully saturated rings. The summed E-state index contributed by atoms with van der Waals surface area (Å²) in [6.45, 7) is 12.8. The van der Waals surface area contributed by atoms with Gasteiger partial charge in [-0.25, -0.2) is 0 Å². The number of nitrogens with one attached hydrogen (secondary N) is 1. The first kappa shape index (κ1) is 26.2. The summed E-state index contributed by atoms with van der Waals surface area (Å²) in [5, 5.41) is 7.96. The van der Waals surface area contributed by atoms with E-state index in [0.29, 0.717) is 25.3 Å². The molecule has 0 aromatic carbocycles. The van der Waals surface area contributed by atoms with Crippen LogP contribution in [0.1, 0.15) is 101 Å². The lowest BCUT2D eigenvalue weighted by Crippen LogP contribution is -2.73. The first-order valence-corrected chi connectivity index (χ1v) is 14.3. The van der Waals surface area contributed by atoms with Crippen molar-refractivity contribution < 1.29 is 9.59 Å². The van der Waals surface area contributed by atoms with Gasteiger partial charge < -0.3 is 10.2 Å². The fourth-order valence-corrected chi connectivity index (χ4v) is 6.63. The van der Waals surface area contributed by atoms with Crippen molar-refractivity contribution in [3.05, 3.63) is 17.0 Å². The average Bonchev–Trinajstić information content (AvgIpc) is 3.12. The largest absolute Gasteiger partial charge is 0.342 e. The number of piperazine rings is 1. The third-order valence-corrected chi connectivity index (χ3v) is 8.87. The Labute approximate surface area is 212 Å². The van der Waals surface area contributed by atoms with E-state index in [4.69, 9.17) is 5.10 Å². The molecule has 4 rings (SSSR count). The summed E-state index contributed by atoms with van der Waals surface area (Å²) >= 11 is 0. The third kappa shape index (κ3) is 5.45. The molecule has 196 valence electrons. The number of hydrogen-bond acceptors (Lipinski definition) is 4. The second kappa shape index (κ2) is 11.4. The van der Waals surface area contributed by atoms with Crippen molar-refractivity contribution in [3.63, 3.8) is 0 Å². The van der Waals surface area contributed by atoms with E-state index in [1.54, 1.807) is 0 Å². The van der Waals surface area contributed by atoms with Crippen LogP contribution in [0.4, 0.5) is 0 Å². The number of aromatic nitrogens is 2. The molecule has 1 N–H and O–H groups in total. The van der Waals surface area contributed by atoms with Crippen LogP contribution >= 0.6 is 0 Å². The Bertz CT molecular complexity index is 880. The number of carbonyl (C=O) groups is 2. The molecule has 1 aromatic rings. The van der Waals surface area contributed by atoms with Crippen LogP contribution in [-0.4, -0.2) is 62.6 Å². The molecule has 3 aliphatic rings.